The third-order valence-corrected chi connectivity index (χ3v) is 12.0. The van der Waals surface area contributed by atoms with Gasteiger partial charge in [0.1, 0.15) is 0 Å². The Kier molecular flexibility index (Phi) is 11.3. The number of nitrogens with one attached hydrogen (secondary N) is 1. The van der Waals surface area contributed by atoms with Crippen LogP contribution in [0.3, 0.4) is 0 Å². The average Bonchev–Trinajstić information content (AvgIpc) is 3.48. The van der Waals surface area contributed by atoms with Gasteiger partial charge in [-0.3, -0.25) is 0 Å². The molecule has 0 bridgehead atoms. The minimum Gasteiger partial charge on any atom is -0.355 e. The molecule has 290 valence electrons. The van der Waals surface area contributed by atoms with E-state index >= 15 is 0 Å². The number of allylic oxidation sites excluding steroid dienone is 5. The van der Waals surface area contributed by atoms with E-state index in [1.165, 1.54) is 88.3 Å². The first kappa shape index (κ1) is 39.1. The Hall–Kier alpha value is -6.70. The number of hydrogen-bond acceptors (Lipinski definition) is 1. The molecule has 59 heavy (non-hydrogen) atoms. The van der Waals surface area contributed by atoms with Crippen LogP contribution in [0.15, 0.2) is 200 Å². The van der Waals surface area contributed by atoms with Crippen molar-refractivity contribution in [3.8, 4) is 33.4 Å². The summed E-state index contributed by atoms with van der Waals surface area (Å²) in [4.78, 5) is 0. The second-order valence-corrected chi connectivity index (χ2v) is 16.1. The monoisotopic (exact) mass is 763 g/mol. The molecule has 0 aromatic heterocycles. The predicted molar refractivity (Wildman–Crippen MR) is 258 cm³/mol. The fourth-order valence-electron chi connectivity index (χ4n) is 8.88. The molecule has 0 atom stereocenters. The van der Waals surface area contributed by atoms with Crippen molar-refractivity contribution in [3.63, 3.8) is 0 Å². The van der Waals surface area contributed by atoms with Gasteiger partial charge in [-0.15, -0.1) is 0 Å². The lowest BCUT2D eigenvalue weighted by molar-refractivity contribution is 0.660. The zero-order valence-corrected chi connectivity index (χ0v) is 35.0. The summed E-state index contributed by atoms with van der Waals surface area (Å²) in [6.45, 7) is 15.1. The van der Waals surface area contributed by atoms with E-state index in [4.69, 9.17) is 0 Å². The first-order valence-corrected chi connectivity index (χ1v) is 21.0. The maximum absolute atomic E-state index is 3.90. The van der Waals surface area contributed by atoms with Crippen LogP contribution in [-0.4, -0.2) is 0 Å². The van der Waals surface area contributed by atoms with Gasteiger partial charge < -0.3 is 5.32 Å². The summed E-state index contributed by atoms with van der Waals surface area (Å²) >= 11 is 0. The summed E-state index contributed by atoms with van der Waals surface area (Å²) in [5, 5.41) is 8.64. The maximum Gasteiger partial charge on any atom is 0.0463 e. The van der Waals surface area contributed by atoms with Crippen LogP contribution in [0.25, 0.3) is 60.5 Å². The van der Waals surface area contributed by atoms with Gasteiger partial charge in [-0.25, -0.2) is 0 Å². The lowest BCUT2D eigenvalue weighted by Crippen LogP contribution is -2.15. The van der Waals surface area contributed by atoms with Gasteiger partial charge in [-0.2, -0.15) is 0 Å². The number of fused-ring (bicyclic) bond motifs is 3. The van der Waals surface area contributed by atoms with Crippen LogP contribution in [0.5, 0.6) is 0 Å². The SMILES string of the molecule is C=C/C=C1\C(=C/C)C(C)(C)c2cc(-c3ccc4ccccc4c3)ccc21.CCCc1ccccc1-c1cc(-c2ccc(Nc3cccc4ccccc34)cc2)ccc1C. The van der Waals surface area contributed by atoms with Gasteiger partial charge in [-0.1, -0.05) is 185 Å². The first-order valence-electron chi connectivity index (χ1n) is 21.0. The zero-order chi connectivity index (χ0) is 40.9. The van der Waals surface area contributed by atoms with Crippen LogP contribution < -0.4 is 5.32 Å². The standard InChI is InChI=1S/C32H29N.C26H24/c1-3-9-25-10-4-6-13-29(25)31-22-27(17-16-23(31)2)24-18-20-28(21-19-24)33-32-15-8-12-26-11-5-7-14-30(26)32;1-5-9-22-23-15-14-21(17-25(23)26(3,4)24(22)6-2)20-13-12-18-10-7-8-11-19(18)16-20/h4-8,10-22,33H,3,9H2,1-2H3;5-17H,1H2,2-4H3/b;22-9-,24-6+. The highest BCUT2D eigenvalue weighted by molar-refractivity contribution is 5.96. The van der Waals surface area contributed by atoms with Crippen molar-refractivity contribution in [1.29, 1.82) is 0 Å². The molecule has 0 radical (unpaired) electrons. The highest BCUT2D eigenvalue weighted by Gasteiger charge is 2.37. The summed E-state index contributed by atoms with van der Waals surface area (Å²) in [5.41, 5.74) is 18.1. The summed E-state index contributed by atoms with van der Waals surface area (Å²) in [5.74, 6) is 0. The van der Waals surface area contributed by atoms with Crippen molar-refractivity contribution in [2.45, 2.75) is 52.9 Å². The molecule has 0 heterocycles. The van der Waals surface area contributed by atoms with Crippen molar-refractivity contribution in [2.24, 2.45) is 0 Å². The highest BCUT2D eigenvalue weighted by atomic mass is 14.9. The van der Waals surface area contributed by atoms with E-state index in [-0.39, 0.29) is 5.41 Å². The third-order valence-electron chi connectivity index (χ3n) is 12.0. The Morgan fingerprint density at radius 3 is 2.00 bits per heavy atom. The molecule has 8 aromatic carbocycles. The van der Waals surface area contributed by atoms with Crippen molar-refractivity contribution in [3.05, 3.63) is 222 Å². The maximum atomic E-state index is 3.90. The lowest BCUT2D eigenvalue weighted by Gasteiger charge is -2.22. The van der Waals surface area contributed by atoms with Gasteiger partial charge in [0.15, 0.2) is 0 Å². The first-order chi connectivity index (χ1) is 28.8. The Bertz CT molecular complexity index is 2860. The van der Waals surface area contributed by atoms with Crippen molar-refractivity contribution >= 4 is 38.5 Å². The Morgan fingerprint density at radius 1 is 0.576 bits per heavy atom. The van der Waals surface area contributed by atoms with Gasteiger partial charge in [0.2, 0.25) is 0 Å². The van der Waals surface area contributed by atoms with Crippen LogP contribution in [0.4, 0.5) is 11.4 Å². The summed E-state index contributed by atoms with van der Waals surface area (Å²) in [6, 6.07) is 61.4. The molecule has 9 rings (SSSR count). The van der Waals surface area contributed by atoms with Gasteiger partial charge in [-0.05, 0) is 140 Å². The van der Waals surface area contributed by atoms with Gasteiger partial charge >= 0.3 is 0 Å². The van der Waals surface area contributed by atoms with Crippen molar-refractivity contribution in [1.82, 2.24) is 0 Å². The van der Waals surface area contributed by atoms with Crippen LogP contribution in [0, 0.1) is 6.92 Å². The third kappa shape index (κ3) is 7.94. The number of hydrogen-bond donors (Lipinski definition) is 1. The molecule has 1 heteroatoms. The fraction of sp³-hybridized carbons (Fsp3) is 0.138. The Balaban J connectivity index is 0.000000169. The Morgan fingerprint density at radius 2 is 1.22 bits per heavy atom. The average molecular weight is 764 g/mol. The highest BCUT2D eigenvalue weighted by Crippen LogP contribution is 2.50. The second-order valence-electron chi connectivity index (χ2n) is 16.1. The summed E-state index contributed by atoms with van der Waals surface area (Å²) < 4.78 is 0. The summed E-state index contributed by atoms with van der Waals surface area (Å²) in [7, 11) is 0. The zero-order valence-electron chi connectivity index (χ0n) is 35.0. The quantitative estimate of drug-likeness (QED) is 0.163. The molecular formula is C58H53N. The van der Waals surface area contributed by atoms with E-state index in [2.05, 4.69) is 229 Å². The molecule has 1 nitrogen and oxygen atoms in total. The topological polar surface area (TPSA) is 12.0 Å². The molecule has 1 aliphatic rings. The Labute approximate surface area is 351 Å². The van der Waals surface area contributed by atoms with Crippen LogP contribution >= 0.6 is 0 Å². The van der Waals surface area contributed by atoms with Gasteiger partial charge in [0.05, 0.1) is 0 Å². The number of rotatable bonds is 8. The molecule has 0 amide bonds. The van der Waals surface area contributed by atoms with E-state index in [9.17, 15) is 0 Å². The molecule has 0 spiro atoms. The molecule has 0 fully saturated rings. The molecule has 8 aromatic rings. The van der Waals surface area contributed by atoms with Crippen LogP contribution in [0.1, 0.15) is 56.4 Å². The fourth-order valence-corrected chi connectivity index (χ4v) is 8.88. The molecule has 0 unspecified atom stereocenters. The molecular weight excluding hydrogens is 711 g/mol. The van der Waals surface area contributed by atoms with E-state index in [1.807, 2.05) is 6.08 Å². The minimum absolute atomic E-state index is 0.00574. The van der Waals surface area contributed by atoms with Gasteiger partial charge in [0.25, 0.3) is 0 Å². The van der Waals surface area contributed by atoms with E-state index in [0.717, 1.165) is 24.2 Å². The van der Waals surface area contributed by atoms with E-state index in [0.29, 0.717) is 0 Å². The van der Waals surface area contributed by atoms with E-state index < -0.39 is 0 Å². The number of benzene rings is 8. The van der Waals surface area contributed by atoms with E-state index in [1.54, 1.807) is 0 Å². The normalized spacial score (nSPS) is 14.3. The van der Waals surface area contributed by atoms with Crippen LogP contribution in [-0.2, 0) is 11.8 Å². The molecule has 1 aliphatic carbocycles. The number of anilines is 2. The minimum atomic E-state index is 0.00574. The smallest absolute Gasteiger partial charge is 0.0463 e. The number of aryl methyl sites for hydroxylation is 2. The molecule has 0 aliphatic heterocycles. The van der Waals surface area contributed by atoms with Crippen molar-refractivity contribution in [2.75, 3.05) is 5.32 Å². The predicted octanol–water partition coefficient (Wildman–Crippen LogP) is 16.5. The van der Waals surface area contributed by atoms with Gasteiger partial charge in [0, 0.05) is 22.2 Å². The molecule has 0 saturated carbocycles. The molecule has 0 saturated heterocycles. The van der Waals surface area contributed by atoms with Crippen LogP contribution in [0.2, 0.25) is 0 Å². The largest absolute Gasteiger partial charge is 0.355 e. The summed E-state index contributed by atoms with van der Waals surface area (Å²) in [6.07, 6.45) is 8.53. The second kappa shape index (κ2) is 17.0. The lowest BCUT2D eigenvalue weighted by atomic mass is 9.81. The van der Waals surface area contributed by atoms with Crippen molar-refractivity contribution < 1.29 is 0 Å². The molecule has 1 N–H and O–H groups in total.